The number of anilines is 1. The van der Waals surface area contributed by atoms with Gasteiger partial charge in [0.15, 0.2) is 0 Å². The summed E-state index contributed by atoms with van der Waals surface area (Å²) in [6.07, 6.45) is 7.69. The fourth-order valence-electron chi connectivity index (χ4n) is 5.33. The molecule has 3 heteroatoms. The van der Waals surface area contributed by atoms with Crippen LogP contribution in [0.3, 0.4) is 0 Å². The third-order valence-corrected chi connectivity index (χ3v) is 6.07. The Hall–Kier alpha value is -0.540. The Morgan fingerprint density at radius 3 is 2.42 bits per heavy atom. The van der Waals surface area contributed by atoms with E-state index in [9.17, 15) is 0 Å². The minimum atomic E-state index is 0.109. The van der Waals surface area contributed by atoms with Gasteiger partial charge in [-0.15, -0.1) is 0 Å². The quantitative estimate of drug-likeness (QED) is 0.867. The van der Waals surface area contributed by atoms with Crippen molar-refractivity contribution in [3.63, 3.8) is 0 Å². The average Bonchev–Trinajstić information content (AvgIpc) is 2.28. The zero-order chi connectivity index (χ0) is 13.1. The zero-order valence-electron chi connectivity index (χ0n) is 11.2. The topological polar surface area (TPSA) is 38.0 Å². The van der Waals surface area contributed by atoms with Crippen molar-refractivity contribution >= 4 is 21.6 Å². The molecular formula is C16H21BrN2. The molecule has 1 aromatic rings. The molecular weight excluding hydrogens is 300 g/mol. The van der Waals surface area contributed by atoms with Gasteiger partial charge in [0.05, 0.1) is 0 Å². The summed E-state index contributed by atoms with van der Waals surface area (Å²) in [6, 6.07) is 8.46. The maximum atomic E-state index is 6.65. The molecule has 0 heterocycles. The van der Waals surface area contributed by atoms with E-state index < -0.39 is 0 Å². The normalized spacial score (nSPS) is 43.5. The van der Waals surface area contributed by atoms with Crippen molar-refractivity contribution in [2.75, 3.05) is 5.32 Å². The van der Waals surface area contributed by atoms with Gasteiger partial charge in [0.2, 0.25) is 0 Å². The standard InChI is InChI=1S/C16H21BrN2/c17-13-3-1-2-4-14(13)19-16-8-11-5-12(9-16)7-15(18,6-11)10-16/h1-4,11-12,19H,5-10,18H2. The van der Waals surface area contributed by atoms with Crippen molar-refractivity contribution in [3.05, 3.63) is 28.7 Å². The summed E-state index contributed by atoms with van der Waals surface area (Å²) in [6.45, 7) is 0. The lowest BCUT2D eigenvalue weighted by Gasteiger charge is -2.61. The first-order valence-corrected chi connectivity index (χ1v) is 8.17. The number of benzene rings is 1. The lowest BCUT2D eigenvalue weighted by molar-refractivity contribution is -0.00778. The molecule has 4 bridgehead atoms. The van der Waals surface area contributed by atoms with Crippen LogP contribution in [-0.2, 0) is 0 Å². The van der Waals surface area contributed by atoms with Gasteiger partial charge in [0.25, 0.3) is 0 Å². The summed E-state index contributed by atoms with van der Waals surface area (Å²) >= 11 is 3.66. The van der Waals surface area contributed by atoms with Crippen LogP contribution in [0, 0.1) is 11.8 Å². The summed E-state index contributed by atoms with van der Waals surface area (Å²) in [5.41, 5.74) is 8.24. The number of para-hydroxylation sites is 1. The Morgan fingerprint density at radius 2 is 1.79 bits per heavy atom. The highest BCUT2D eigenvalue weighted by Crippen LogP contribution is 2.57. The van der Waals surface area contributed by atoms with E-state index in [2.05, 4.69) is 45.5 Å². The van der Waals surface area contributed by atoms with E-state index in [4.69, 9.17) is 5.73 Å². The van der Waals surface area contributed by atoms with Gasteiger partial charge in [-0.3, -0.25) is 0 Å². The predicted molar refractivity (Wildman–Crippen MR) is 82.1 cm³/mol. The van der Waals surface area contributed by atoms with Gasteiger partial charge in [-0.1, -0.05) is 12.1 Å². The van der Waals surface area contributed by atoms with Gasteiger partial charge in [-0.2, -0.15) is 0 Å². The highest BCUT2D eigenvalue weighted by Gasteiger charge is 2.56. The second kappa shape index (κ2) is 3.98. The van der Waals surface area contributed by atoms with E-state index in [1.807, 2.05) is 0 Å². The first-order valence-electron chi connectivity index (χ1n) is 7.38. The Bertz CT molecular complexity index is 499. The van der Waals surface area contributed by atoms with Gasteiger partial charge in [-0.25, -0.2) is 0 Å². The molecule has 0 radical (unpaired) electrons. The molecule has 4 aliphatic rings. The van der Waals surface area contributed by atoms with Crippen LogP contribution >= 0.6 is 15.9 Å². The predicted octanol–water partition coefficient (Wildman–Crippen LogP) is 3.91. The number of halogens is 1. The highest BCUT2D eigenvalue weighted by molar-refractivity contribution is 9.10. The molecule has 0 amide bonds. The van der Waals surface area contributed by atoms with E-state index in [0.29, 0.717) is 0 Å². The van der Waals surface area contributed by atoms with Crippen LogP contribution in [0.2, 0.25) is 0 Å². The molecule has 3 N–H and O–H groups in total. The summed E-state index contributed by atoms with van der Waals surface area (Å²) in [7, 11) is 0. The number of nitrogens with two attached hydrogens (primary N) is 1. The second-order valence-electron chi connectivity index (χ2n) is 7.21. The Balaban J connectivity index is 1.66. The fourth-order valence-corrected chi connectivity index (χ4v) is 5.71. The lowest BCUT2D eigenvalue weighted by atomic mass is 9.50. The molecule has 19 heavy (non-hydrogen) atoms. The minimum Gasteiger partial charge on any atom is -0.379 e. The summed E-state index contributed by atoms with van der Waals surface area (Å²) in [4.78, 5) is 0. The van der Waals surface area contributed by atoms with Crippen LogP contribution in [0.5, 0.6) is 0 Å². The monoisotopic (exact) mass is 320 g/mol. The van der Waals surface area contributed by atoms with Crippen LogP contribution in [0.15, 0.2) is 28.7 Å². The number of rotatable bonds is 2. The Labute approximate surface area is 123 Å². The maximum absolute atomic E-state index is 6.65. The van der Waals surface area contributed by atoms with Gasteiger partial charge < -0.3 is 11.1 Å². The largest absolute Gasteiger partial charge is 0.379 e. The molecule has 4 aliphatic carbocycles. The van der Waals surface area contributed by atoms with Crippen LogP contribution in [-0.4, -0.2) is 11.1 Å². The fraction of sp³-hybridized carbons (Fsp3) is 0.625. The van der Waals surface area contributed by atoms with E-state index in [1.165, 1.54) is 37.8 Å². The molecule has 2 atom stereocenters. The molecule has 0 saturated heterocycles. The van der Waals surface area contributed by atoms with Crippen LogP contribution in [0.4, 0.5) is 5.69 Å². The molecule has 5 rings (SSSR count). The molecule has 4 saturated carbocycles. The van der Waals surface area contributed by atoms with Gasteiger partial charge >= 0.3 is 0 Å². The molecule has 4 fully saturated rings. The minimum absolute atomic E-state index is 0.109. The zero-order valence-corrected chi connectivity index (χ0v) is 12.7. The third-order valence-electron chi connectivity index (χ3n) is 5.38. The van der Waals surface area contributed by atoms with Gasteiger partial charge in [-0.05, 0) is 78.4 Å². The van der Waals surface area contributed by atoms with E-state index in [-0.39, 0.29) is 11.1 Å². The first-order chi connectivity index (χ1) is 9.06. The van der Waals surface area contributed by atoms with Gasteiger partial charge in [0, 0.05) is 21.2 Å². The first kappa shape index (κ1) is 12.2. The summed E-state index contributed by atoms with van der Waals surface area (Å²) in [5, 5.41) is 3.85. The molecule has 102 valence electrons. The van der Waals surface area contributed by atoms with Crippen LogP contribution in [0.25, 0.3) is 0 Å². The van der Waals surface area contributed by atoms with Crippen molar-refractivity contribution in [1.29, 1.82) is 0 Å². The molecule has 0 spiro atoms. The van der Waals surface area contributed by atoms with E-state index in [0.717, 1.165) is 22.7 Å². The summed E-state index contributed by atoms with van der Waals surface area (Å²) in [5.74, 6) is 1.70. The van der Waals surface area contributed by atoms with Crippen molar-refractivity contribution in [3.8, 4) is 0 Å². The van der Waals surface area contributed by atoms with Crippen molar-refractivity contribution < 1.29 is 0 Å². The molecule has 0 aromatic heterocycles. The van der Waals surface area contributed by atoms with Crippen molar-refractivity contribution in [1.82, 2.24) is 0 Å². The van der Waals surface area contributed by atoms with Crippen LogP contribution in [0.1, 0.15) is 38.5 Å². The molecule has 2 unspecified atom stereocenters. The Kier molecular flexibility index (Phi) is 2.56. The lowest BCUT2D eigenvalue weighted by Crippen LogP contribution is -2.65. The average molecular weight is 321 g/mol. The molecule has 1 aromatic carbocycles. The van der Waals surface area contributed by atoms with Crippen molar-refractivity contribution in [2.24, 2.45) is 17.6 Å². The maximum Gasteiger partial charge on any atom is 0.0488 e. The van der Waals surface area contributed by atoms with Gasteiger partial charge in [0.1, 0.15) is 0 Å². The second-order valence-corrected chi connectivity index (χ2v) is 8.06. The Morgan fingerprint density at radius 1 is 1.11 bits per heavy atom. The molecule has 0 aliphatic heterocycles. The SMILES string of the molecule is NC12CC3CC(C1)CC(Nc1ccccc1Br)(C3)C2. The smallest absolute Gasteiger partial charge is 0.0488 e. The third kappa shape index (κ3) is 2.02. The number of hydrogen-bond donors (Lipinski definition) is 2. The van der Waals surface area contributed by atoms with E-state index >= 15 is 0 Å². The number of nitrogens with one attached hydrogen (secondary N) is 1. The molecule has 2 nitrogen and oxygen atoms in total. The van der Waals surface area contributed by atoms with Crippen LogP contribution < -0.4 is 11.1 Å². The highest BCUT2D eigenvalue weighted by atomic mass is 79.9. The van der Waals surface area contributed by atoms with E-state index in [1.54, 1.807) is 0 Å². The summed E-state index contributed by atoms with van der Waals surface area (Å²) < 4.78 is 1.16. The number of hydrogen-bond acceptors (Lipinski definition) is 2. The van der Waals surface area contributed by atoms with Crippen molar-refractivity contribution in [2.45, 2.75) is 49.6 Å².